The van der Waals surface area contributed by atoms with E-state index in [0.29, 0.717) is 0 Å². The standard InChI is InChI=1S/C20H26O4Si2/c1-21-25(5,22-2)19-14-10-13-18(20(19)26(6,23-3)24-4)16-15-17-11-8-7-9-12-17/h7-14H,1-6H3. The summed E-state index contributed by atoms with van der Waals surface area (Å²) in [6, 6.07) is 15.9. The van der Waals surface area contributed by atoms with Gasteiger partial charge in [0.05, 0.1) is 0 Å². The third kappa shape index (κ3) is 4.15. The summed E-state index contributed by atoms with van der Waals surface area (Å²) in [6.45, 7) is 4.03. The lowest BCUT2D eigenvalue weighted by molar-refractivity contribution is 0.260. The van der Waals surface area contributed by atoms with Gasteiger partial charge in [0.25, 0.3) is 0 Å². The van der Waals surface area contributed by atoms with Crippen LogP contribution in [0.2, 0.25) is 13.1 Å². The Morgan fingerprint density at radius 3 is 1.77 bits per heavy atom. The molecule has 0 aliphatic carbocycles. The zero-order valence-electron chi connectivity index (χ0n) is 16.3. The summed E-state index contributed by atoms with van der Waals surface area (Å²) in [5.74, 6) is 6.53. The van der Waals surface area contributed by atoms with Crippen LogP contribution in [0.1, 0.15) is 11.1 Å². The van der Waals surface area contributed by atoms with Gasteiger partial charge in [-0.2, -0.15) is 0 Å². The minimum absolute atomic E-state index is 0.886. The second kappa shape index (κ2) is 8.78. The number of hydrogen-bond acceptors (Lipinski definition) is 4. The number of hydrogen-bond donors (Lipinski definition) is 0. The first-order valence-corrected chi connectivity index (χ1v) is 13.0. The predicted molar refractivity (Wildman–Crippen MR) is 109 cm³/mol. The van der Waals surface area contributed by atoms with Gasteiger partial charge in [-0.1, -0.05) is 42.2 Å². The average Bonchev–Trinajstić information content (AvgIpc) is 2.71. The van der Waals surface area contributed by atoms with Crippen LogP contribution in [0.3, 0.4) is 0 Å². The molecular weight excluding hydrogens is 360 g/mol. The van der Waals surface area contributed by atoms with Crippen LogP contribution in [-0.4, -0.2) is 45.6 Å². The van der Waals surface area contributed by atoms with E-state index >= 15 is 0 Å². The van der Waals surface area contributed by atoms with E-state index < -0.39 is 17.1 Å². The Labute approximate surface area is 158 Å². The molecule has 0 saturated carbocycles. The Kier molecular flexibility index (Phi) is 6.95. The lowest BCUT2D eigenvalue weighted by atomic mass is 10.2. The van der Waals surface area contributed by atoms with Crippen LogP contribution < -0.4 is 10.4 Å². The monoisotopic (exact) mass is 386 g/mol. The molecule has 0 aliphatic rings. The summed E-state index contributed by atoms with van der Waals surface area (Å²) in [4.78, 5) is 0. The van der Waals surface area contributed by atoms with E-state index in [1.54, 1.807) is 28.4 Å². The Balaban J connectivity index is 2.71. The molecular formula is C20H26O4Si2. The molecule has 0 aliphatic heterocycles. The van der Waals surface area contributed by atoms with Crippen LogP contribution in [0.4, 0.5) is 0 Å². The zero-order valence-corrected chi connectivity index (χ0v) is 18.3. The van der Waals surface area contributed by atoms with Crippen LogP contribution in [-0.2, 0) is 17.7 Å². The van der Waals surface area contributed by atoms with Gasteiger partial charge in [-0.15, -0.1) is 0 Å². The fraction of sp³-hybridized carbons (Fsp3) is 0.300. The molecule has 0 aromatic heterocycles. The molecule has 0 fully saturated rings. The quantitative estimate of drug-likeness (QED) is 0.564. The Morgan fingerprint density at radius 1 is 0.654 bits per heavy atom. The van der Waals surface area contributed by atoms with Gasteiger partial charge >= 0.3 is 17.1 Å². The summed E-state index contributed by atoms with van der Waals surface area (Å²) in [5.41, 5.74) is 1.84. The minimum atomic E-state index is -2.67. The summed E-state index contributed by atoms with van der Waals surface area (Å²) < 4.78 is 23.3. The van der Waals surface area contributed by atoms with E-state index in [1.165, 1.54) is 0 Å². The van der Waals surface area contributed by atoms with Crippen molar-refractivity contribution in [1.29, 1.82) is 0 Å². The Morgan fingerprint density at radius 2 is 1.23 bits per heavy atom. The van der Waals surface area contributed by atoms with Gasteiger partial charge < -0.3 is 17.7 Å². The van der Waals surface area contributed by atoms with Crippen LogP contribution in [0.25, 0.3) is 0 Å². The first-order chi connectivity index (χ1) is 12.4. The van der Waals surface area contributed by atoms with Crippen molar-refractivity contribution in [2.45, 2.75) is 13.1 Å². The highest BCUT2D eigenvalue weighted by Crippen LogP contribution is 2.13. The third-order valence-corrected chi connectivity index (χ3v) is 10.9. The molecule has 4 nitrogen and oxygen atoms in total. The molecule has 0 unspecified atom stereocenters. The maximum Gasteiger partial charge on any atom is 0.370 e. The van der Waals surface area contributed by atoms with Crippen molar-refractivity contribution in [2.75, 3.05) is 28.4 Å². The highest BCUT2D eigenvalue weighted by Gasteiger charge is 2.44. The van der Waals surface area contributed by atoms with Crippen molar-refractivity contribution in [3.05, 3.63) is 59.7 Å². The molecule has 6 heteroatoms. The van der Waals surface area contributed by atoms with Crippen LogP contribution in [0, 0.1) is 11.8 Å². The van der Waals surface area contributed by atoms with E-state index in [2.05, 4.69) is 11.8 Å². The van der Waals surface area contributed by atoms with Crippen molar-refractivity contribution < 1.29 is 17.7 Å². The minimum Gasteiger partial charge on any atom is -0.394 e. The van der Waals surface area contributed by atoms with Gasteiger partial charge in [-0.05, 0) is 36.5 Å². The van der Waals surface area contributed by atoms with Crippen LogP contribution in [0.5, 0.6) is 0 Å². The molecule has 0 atom stereocenters. The maximum atomic E-state index is 5.85. The van der Waals surface area contributed by atoms with E-state index in [9.17, 15) is 0 Å². The second-order valence-corrected chi connectivity index (χ2v) is 12.5. The molecule has 0 bridgehead atoms. The van der Waals surface area contributed by atoms with Gasteiger partial charge in [0.2, 0.25) is 0 Å². The SMILES string of the molecule is CO[Si](C)(OC)c1cccc(C#Cc2ccccc2)c1[Si](C)(OC)OC. The van der Waals surface area contributed by atoms with Crippen molar-refractivity contribution in [2.24, 2.45) is 0 Å². The fourth-order valence-corrected chi connectivity index (χ4v) is 7.52. The summed E-state index contributed by atoms with van der Waals surface area (Å²) in [7, 11) is 1.46. The van der Waals surface area contributed by atoms with Crippen LogP contribution in [0.15, 0.2) is 48.5 Å². The van der Waals surface area contributed by atoms with Crippen LogP contribution >= 0.6 is 0 Å². The molecule has 0 saturated heterocycles. The van der Waals surface area contributed by atoms with E-state index in [-0.39, 0.29) is 0 Å². The molecule has 0 N–H and O–H groups in total. The Bertz CT molecular complexity index is 788. The molecule has 2 aromatic carbocycles. The number of rotatable bonds is 6. The second-order valence-electron chi connectivity index (χ2n) is 6.05. The normalized spacial score (nSPS) is 11.8. The topological polar surface area (TPSA) is 36.9 Å². The summed E-state index contributed by atoms with van der Waals surface area (Å²) in [6.07, 6.45) is 0. The Hall–Kier alpha value is -1.73. The van der Waals surface area contributed by atoms with Gasteiger partial charge in [0.1, 0.15) is 0 Å². The van der Waals surface area contributed by atoms with Gasteiger partial charge in [0.15, 0.2) is 0 Å². The van der Waals surface area contributed by atoms with Crippen molar-refractivity contribution >= 4 is 27.5 Å². The van der Waals surface area contributed by atoms with E-state index in [0.717, 1.165) is 21.5 Å². The smallest absolute Gasteiger partial charge is 0.370 e. The first-order valence-electron chi connectivity index (χ1n) is 8.35. The largest absolute Gasteiger partial charge is 0.394 e. The molecule has 0 heterocycles. The molecule has 0 amide bonds. The molecule has 138 valence electrons. The molecule has 26 heavy (non-hydrogen) atoms. The lowest BCUT2D eigenvalue weighted by Gasteiger charge is -2.32. The van der Waals surface area contributed by atoms with Crippen molar-refractivity contribution in [1.82, 2.24) is 0 Å². The summed E-state index contributed by atoms with van der Waals surface area (Å²) in [5, 5.41) is 1.98. The zero-order chi connectivity index (χ0) is 19.2. The van der Waals surface area contributed by atoms with Gasteiger partial charge in [-0.25, -0.2) is 0 Å². The number of benzene rings is 2. The predicted octanol–water partition coefficient (Wildman–Crippen LogP) is 2.23. The molecule has 0 radical (unpaired) electrons. The van der Waals surface area contributed by atoms with E-state index in [4.69, 9.17) is 17.7 Å². The maximum absolute atomic E-state index is 5.85. The lowest BCUT2D eigenvalue weighted by Crippen LogP contribution is -2.65. The highest BCUT2D eigenvalue weighted by molar-refractivity contribution is 6.90. The third-order valence-electron chi connectivity index (χ3n) is 4.68. The fourth-order valence-electron chi connectivity index (χ4n) is 2.78. The van der Waals surface area contributed by atoms with Gasteiger partial charge in [0, 0.05) is 44.8 Å². The van der Waals surface area contributed by atoms with Crippen molar-refractivity contribution in [3.63, 3.8) is 0 Å². The molecule has 2 rings (SSSR count). The highest BCUT2D eigenvalue weighted by atomic mass is 28.4. The van der Waals surface area contributed by atoms with Gasteiger partial charge in [-0.3, -0.25) is 0 Å². The van der Waals surface area contributed by atoms with E-state index in [1.807, 2.05) is 61.6 Å². The first kappa shape index (κ1) is 20.6. The molecule has 2 aromatic rings. The van der Waals surface area contributed by atoms with Crippen molar-refractivity contribution in [3.8, 4) is 11.8 Å². The molecule has 0 spiro atoms. The summed E-state index contributed by atoms with van der Waals surface area (Å²) >= 11 is 0. The average molecular weight is 387 g/mol.